The zero-order valence-corrected chi connectivity index (χ0v) is 11.6. The highest BCUT2D eigenvalue weighted by molar-refractivity contribution is 4.93. The van der Waals surface area contributed by atoms with Gasteiger partial charge in [0, 0.05) is 6.54 Å². The second-order valence-corrected chi connectivity index (χ2v) is 6.41. The Morgan fingerprint density at radius 3 is 2.71 bits per heavy atom. The highest BCUT2D eigenvalue weighted by atomic mass is 16.5. The van der Waals surface area contributed by atoms with Crippen LogP contribution in [0.15, 0.2) is 0 Å². The molecule has 2 rings (SSSR count). The van der Waals surface area contributed by atoms with Gasteiger partial charge in [0.2, 0.25) is 0 Å². The van der Waals surface area contributed by atoms with Gasteiger partial charge >= 0.3 is 0 Å². The summed E-state index contributed by atoms with van der Waals surface area (Å²) < 4.78 is 6.28. The molecule has 1 aliphatic carbocycles. The molecule has 0 aromatic carbocycles. The predicted octanol–water partition coefficient (Wildman–Crippen LogP) is 3.50. The molecular formula is C15H29NO. The van der Waals surface area contributed by atoms with Crippen molar-refractivity contribution in [3.8, 4) is 0 Å². The van der Waals surface area contributed by atoms with Crippen molar-refractivity contribution in [1.29, 1.82) is 0 Å². The van der Waals surface area contributed by atoms with Crippen LogP contribution in [0.4, 0.5) is 0 Å². The maximum Gasteiger partial charge on any atom is 0.0708 e. The highest BCUT2D eigenvalue weighted by Crippen LogP contribution is 2.43. The molecule has 1 heterocycles. The molecule has 2 nitrogen and oxygen atoms in total. The van der Waals surface area contributed by atoms with Gasteiger partial charge in [-0.1, -0.05) is 26.7 Å². The lowest BCUT2D eigenvalue weighted by Crippen LogP contribution is -2.31. The molecule has 2 aliphatic rings. The Balaban J connectivity index is 1.55. The third-order valence-corrected chi connectivity index (χ3v) is 4.36. The number of nitrogens with one attached hydrogen (secondary N) is 1. The molecule has 17 heavy (non-hydrogen) atoms. The van der Waals surface area contributed by atoms with Crippen LogP contribution in [0.2, 0.25) is 0 Å². The number of hydrogen-bond acceptors (Lipinski definition) is 2. The molecule has 1 saturated carbocycles. The van der Waals surface area contributed by atoms with Gasteiger partial charge in [-0.15, -0.1) is 0 Å². The molecular weight excluding hydrogens is 210 g/mol. The van der Waals surface area contributed by atoms with Crippen molar-refractivity contribution in [1.82, 2.24) is 5.32 Å². The fourth-order valence-electron chi connectivity index (χ4n) is 3.32. The number of hydrogen-bond donors (Lipinski definition) is 1. The molecule has 100 valence electrons. The Kier molecular flexibility index (Phi) is 4.87. The summed E-state index contributed by atoms with van der Waals surface area (Å²) in [4.78, 5) is 0. The molecule has 1 unspecified atom stereocenters. The fourth-order valence-corrected chi connectivity index (χ4v) is 3.32. The summed E-state index contributed by atoms with van der Waals surface area (Å²) >= 11 is 0. The lowest BCUT2D eigenvalue weighted by molar-refractivity contribution is -0.0350. The smallest absolute Gasteiger partial charge is 0.0708 e. The number of rotatable bonds is 6. The van der Waals surface area contributed by atoms with Gasteiger partial charge < -0.3 is 10.1 Å². The van der Waals surface area contributed by atoms with E-state index in [9.17, 15) is 0 Å². The zero-order valence-electron chi connectivity index (χ0n) is 11.6. The predicted molar refractivity (Wildman–Crippen MR) is 72.2 cm³/mol. The van der Waals surface area contributed by atoms with Gasteiger partial charge in [0.25, 0.3) is 0 Å². The van der Waals surface area contributed by atoms with E-state index in [0.717, 1.165) is 19.0 Å². The fraction of sp³-hybridized carbons (Fsp3) is 1.00. The minimum Gasteiger partial charge on any atom is -0.370 e. The van der Waals surface area contributed by atoms with Crippen molar-refractivity contribution in [2.45, 2.75) is 76.9 Å². The van der Waals surface area contributed by atoms with Crippen LogP contribution in [0.5, 0.6) is 0 Å². The third kappa shape index (κ3) is 3.96. The van der Waals surface area contributed by atoms with Crippen molar-refractivity contribution in [3.05, 3.63) is 0 Å². The molecule has 0 radical (unpaired) electrons. The molecule has 0 aromatic heterocycles. The van der Waals surface area contributed by atoms with Crippen molar-refractivity contribution in [2.75, 3.05) is 13.1 Å². The summed E-state index contributed by atoms with van der Waals surface area (Å²) in [5.41, 5.74) is 0.310. The van der Waals surface area contributed by atoms with Gasteiger partial charge in [-0.3, -0.25) is 0 Å². The molecule has 2 fully saturated rings. The Bertz CT molecular complexity index is 221. The minimum atomic E-state index is 0.310. The van der Waals surface area contributed by atoms with Gasteiger partial charge in [-0.25, -0.2) is 0 Å². The average molecular weight is 239 g/mol. The largest absolute Gasteiger partial charge is 0.370 e. The standard InChI is InChI=1S/C15H29NO/c1-13(2)6-5-11-16-12-14-7-10-15(17-14)8-3-4-9-15/h13-14,16H,3-12H2,1-2H3. The SMILES string of the molecule is CC(C)CCCNCC1CCC2(CCCC2)O1. The van der Waals surface area contributed by atoms with E-state index in [0.29, 0.717) is 11.7 Å². The van der Waals surface area contributed by atoms with Crippen molar-refractivity contribution in [2.24, 2.45) is 5.92 Å². The lowest BCUT2D eigenvalue weighted by Gasteiger charge is -2.24. The van der Waals surface area contributed by atoms with Crippen LogP contribution in [0, 0.1) is 5.92 Å². The first-order chi connectivity index (χ1) is 8.20. The van der Waals surface area contributed by atoms with Crippen molar-refractivity contribution in [3.63, 3.8) is 0 Å². The lowest BCUT2D eigenvalue weighted by atomic mass is 9.98. The molecule has 1 spiro atoms. The zero-order chi connectivity index (χ0) is 12.1. The third-order valence-electron chi connectivity index (χ3n) is 4.36. The Hall–Kier alpha value is -0.0800. The Morgan fingerprint density at radius 1 is 1.24 bits per heavy atom. The van der Waals surface area contributed by atoms with Gasteiger partial charge in [-0.05, 0) is 51.0 Å². The molecule has 1 saturated heterocycles. The van der Waals surface area contributed by atoms with Crippen LogP contribution in [0.1, 0.15) is 65.2 Å². The van der Waals surface area contributed by atoms with Crippen LogP contribution in [0.3, 0.4) is 0 Å². The molecule has 2 heteroatoms. The maximum atomic E-state index is 6.28. The summed E-state index contributed by atoms with van der Waals surface area (Å²) in [7, 11) is 0. The van der Waals surface area contributed by atoms with E-state index >= 15 is 0 Å². The number of ether oxygens (including phenoxy) is 1. The van der Waals surface area contributed by atoms with Crippen LogP contribution in [-0.4, -0.2) is 24.8 Å². The molecule has 0 aromatic rings. The monoisotopic (exact) mass is 239 g/mol. The highest BCUT2D eigenvalue weighted by Gasteiger charge is 2.41. The molecule has 1 aliphatic heterocycles. The van der Waals surface area contributed by atoms with Crippen molar-refractivity contribution >= 4 is 0 Å². The topological polar surface area (TPSA) is 21.3 Å². The summed E-state index contributed by atoms with van der Waals surface area (Å²) in [5.74, 6) is 0.835. The van der Waals surface area contributed by atoms with Gasteiger partial charge in [0.15, 0.2) is 0 Å². The summed E-state index contributed by atoms with van der Waals surface area (Å²) in [6.07, 6.45) is 11.1. The van der Waals surface area contributed by atoms with E-state index in [-0.39, 0.29) is 0 Å². The first kappa shape index (κ1) is 13.4. The quantitative estimate of drug-likeness (QED) is 0.716. The first-order valence-electron chi connectivity index (χ1n) is 7.59. The average Bonchev–Trinajstić information content (AvgIpc) is 2.89. The second kappa shape index (κ2) is 6.19. The maximum absolute atomic E-state index is 6.28. The van der Waals surface area contributed by atoms with E-state index in [1.165, 1.54) is 51.4 Å². The van der Waals surface area contributed by atoms with Crippen LogP contribution >= 0.6 is 0 Å². The molecule has 0 bridgehead atoms. The first-order valence-corrected chi connectivity index (χ1v) is 7.59. The van der Waals surface area contributed by atoms with E-state index < -0.39 is 0 Å². The van der Waals surface area contributed by atoms with Crippen LogP contribution in [0.25, 0.3) is 0 Å². The van der Waals surface area contributed by atoms with E-state index in [1.54, 1.807) is 0 Å². The Labute approximate surface area is 107 Å². The van der Waals surface area contributed by atoms with Crippen LogP contribution < -0.4 is 5.32 Å². The van der Waals surface area contributed by atoms with E-state index in [2.05, 4.69) is 19.2 Å². The summed E-state index contributed by atoms with van der Waals surface area (Å²) in [6.45, 7) is 6.82. The molecule has 1 atom stereocenters. The van der Waals surface area contributed by atoms with Crippen molar-refractivity contribution < 1.29 is 4.74 Å². The normalized spacial score (nSPS) is 27.4. The van der Waals surface area contributed by atoms with Gasteiger partial charge in [0.1, 0.15) is 0 Å². The van der Waals surface area contributed by atoms with E-state index in [4.69, 9.17) is 4.74 Å². The summed E-state index contributed by atoms with van der Waals surface area (Å²) in [5, 5.41) is 3.56. The molecule has 0 amide bonds. The molecule has 1 N–H and O–H groups in total. The summed E-state index contributed by atoms with van der Waals surface area (Å²) in [6, 6.07) is 0. The van der Waals surface area contributed by atoms with Gasteiger partial charge in [0.05, 0.1) is 11.7 Å². The van der Waals surface area contributed by atoms with Crippen LogP contribution in [-0.2, 0) is 4.74 Å². The minimum absolute atomic E-state index is 0.310. The second-order valence-electron chi connectivity index (χ2n) is 6.41. The van der Waals surface area contributed by atoms with Gasteiger partial charge in [-0.2, -0.15) is 0 Å². The van der Waals surface area contributed by atoms with E-state index in [1.807, 2.05) is 0 Å². The Morgan fingerprint density at radius 2 is 2.00 bits per heavy atom.